The van der Waals surface area contributed by atoms with Crippen LogP contribution in [0.5, 0.6) is 11.5 Å². The van der Waals surface area contributed by atoms with E-state index < -0.39 is 17.5 Å². The van der Waals surface area contributed by atoms with Crippen LogP contribution < -0.4 is 14.8 Å². The maximum atomic E-state index is 13.4. The van der Waals surface area contributed by atoms with Crippen LogP contribution in [0.3, 0.4) is 0 Å². The van der Waals surface area contributed by atoms with Crippen molar-refractivity contribution in [3.63, 3.8) is 0 Å². The molecule has 0 spiro atoms. The van der Waals surface area contributed by atoms with Gasteiger partial charge in [0.05, 0.1) is 26.9 Å². The molecule has 4 rings (SSSR count). The van der Waals surface area contributed by atoms with E-state index in [1.807, 2.05) is 6.07 Å². The Kier molecular flexibility index (Phi) is 8.40. The van der Waals surface area contributed by atoms with E-state index in [0.717, 1.165) is 5.56 Å². The van der Waals surface area contributed by atoms with E-state index in [4.69, 9.17) is 18.9 Å². The maximum absolute atomic E-state index is 13.4. The van der Waals surface area contributed by atoms with Crippen molar-refractivity contribution in [2.75, 3.05) is 26.6 Å². The molecular formula is C30H28N2O7. The van der Waals surface area contributed by atoms with E-state index in [9.17, 15) is 14.4 Å². The second-order valence-corrected chi connectivity index (χ2v) is 8.67. The lowest BCUT2D eigenvalue weighted by atomic mass is 9.88. The molecule has 0 saturated heterocycles. The van der Waals surface area contributed by atoms with Gasteiger partial charge in [-0.15, -0.1) is 0 Å². The molecule has 0 aliphatic heterocycles. The summed E-state index contributed by atoms with van der Waals surface area (Å²) in [5.74, 6) is -0.513. The number of aromatic nitrogens is 1. The topological polar surface area (TPSA) is 113 Å². The highest BCUT2D eigenvalue weighted by atomic mass is 16.5. The minimum absolute atomic E-state index is 0.103. The predicted octanol–water partition coefficient (Wildman–Crippen LogP) is 4.44. The number of ketones is 2. The molecule has 1 aliphatic carbocycles. The fourth-order valence-corrected chi connectivity index (χ4v) is 4.12. The summed E-state index contributed by atoms with van der Waals surface area (Å²) in [6, 6.07) is 15.7. The first kappa shape index (κ1) is 27.1. The number of nitrogens with zero attached hydrogens (tertiary/aromatic N) is 1. The first-order valence-corrected chi connectivity index (χ1v) is 12.1. The third kappa shape index (κ3) is 5.98. The number of rotatable bonds is 10. The summed E-state index contributed by atoms with van der Waals surface area (Å²) in [6.07, 6.45) is 3.45. The normalized spacial score (nSPS) is 13.3. The summed E-state index contributed by atoms with van der Waals surface area (Å²) < 4.78 is 21.5. The highest BCUT2D eigenvalue weighted by molar-refractivity contribution is 6.23. The number of amides is 1. The van der Waals surface area contributed by atoms with Gasteiger partial charge in [0.2, 0.25) is 23.1 Å². The molecule has 0 radical (unpaired) electrons. The van der Waals surface area contributed by atoms with Gasteiger partial charge in [-0.1, -0.05) is 12.1 Å². The van der Waals surface area contributed by atoms with E-state index in [0.29, 0.717) is 22.7 Å². The molecule has 1 aromatic heterocycles. The second-order valence-electron chi connectivity index (χ2n) is 8.67. The quantitative estimate of drug-likeness (QED) is 0.385. The Hall–Kier alpha value is -4.92. The van der Waals surface area contributed by atoms with Crippen LogP contribution in [0.15, 0.2) is 89.7 Å². The van der Waals surface area contributed by atoms with E-state index in [1.165, 1.54) is 14.2 Å². The average Bonchev–Trinajstić information content (AvgIpc) is 2.97. The van der Waals surface area contributed by atoms with Gasteiger partial charge < -0.3 is 24.3 Å². The van der Waals surface area contributed by atoms with Crippen molar-refractivity contribution in [3.05, 3.63) is 106 Å². The standard InChI is InChI=1S/C30H28N2O7/c1-18-23(27(34)29(38-4)28(37-3)26(18)33)14-19-7-12-25(39-17-20-6-5-13-31-16-20)24(15-19)30(35)32-21-8-10-22(36-2)11-9-21/h5-13,15-16H,14,17H2,1-4H3,(H,32,35). The molecule has 9 heteroatoms. The first-order chi connectivity index (χ1) is 18.9. The zero-order valence-electron chi connectivity index (χ0n) is 22.1. The molecule has 0 atom stereocenters. The second kappa shape index (κ2) is 12.1. The molecule has 1 N–H and O–H groups in total. The number of anilines is 1. The molecule has 9 nitrogen and oxygen atoms in total. The minimum atomic E-state index is -0.437. The molecular weight excluding hydrogens is 500 g/mol. The van der Waals surface area contributed by atoms with Crippen molar-refractivity contribution in [1.29, 1.82) is 0 Å². The molecule has 0 bridgehead atoms. The number of carbonyl (C=O) groups is 3. The Morgan fingerprint density at radius 3 is 2.23 bits per heavy atom. The van der Waals surface area contributed by atoms with Gasteiger partial charge in [-0.05, 0) is 55.0 Å². The summed E-state index contributed by atoms with van der Waals surface area (Å²) in [5.41, 5.74) is 2.83. The van der Waals surface area contributed by atoms with Gasteiger partial charge in [-0.3, -0.25) is 19.4 Å². The fourth-order valence-electron chi connectivity index (χ4n) is 4.12. The number of benzene rings is 2. The summed E-state index contributed by atoms with van der Waals surface area (Å²) in [5, 5.41) is 2.87. The monoisotopic (exact) mass is 528 g/mol. The van der Waals surface area contributed by atoms with Crippen molar-refractivity contribution in [2.24, 2.45) is 0 Å². The predicted molar refractivity (Wildman–Crippen MR) is 143 cm³/mol. The Morgan fingerprint density at radius 2 is 1.59 bits per heavy atom. The summed E-state index contributed by atoms with van der Waals surface area (Å²) >= 11 is 0. The number of ether oxygens (including phenoxy) is 4. The first-order valence-electron chi connectivity index (χ1n) is 12.1. The molecule has 1 amide bonds. The van der Waals surface area contributed by atoms with Crippen LogP contribution in [0.2, 0.25) is 0 Å². The highest BCUT2D eigenvalue weighted by Gasteiger charge is 2.34. The van der Waals surface area contributed by atoms with Crippen LogP contribution in [-0.2, 0) is 32.1 Å². The molecule has 200 valence electrons. The van der Waals surface area contributed by atoms with Gasteiger partial charge in [0.25, 0.3) is 5.91 Å². The molecule has 0 saturated carbocycles. The van der Waals surface area contributed by atoms with Crippen LogP contribution in [-0.4, -0.2) is 43.8 Å². The number of methoxy groups -OCH3 is 3. The number of Topliss-reactive ketones (excluding diaryl/α,β-unsaturated/α-hetero) is 2. The van der Waals surface area contributed by atoms with E-state index in [1.54, 1.807) is 75.0 Å². The van der Waals surface area contributed by atoms with Gasteiger partial charge in [0.1, 0.15) is 18.1 Å². The third-order valence-electron chi connectivity index (χ3n) is 6.23. The van der Waals surface area contributed by atoms with Crippen LogP contribution in [0.25, 0.3) is 0 Å². The van der Waals surface area contributed by atoms with Crippen LogP contribution in [0.4, 0.5) is 5.69 Å². The van der Waals surface area contributed by atoms with Crippen LogP contribution in [0.1, 0.15) is 28.4 Å². The van der Waals surface area contributed by atoms with Gasteiger partial charge in [-0.25, -0.2) is 0 Å². The lowest BCUT2D eigenvalue weighted by molar-refractivity contribution is -0.121. The van der Waals surface area contributed by atoms with Crippen molar-refractivity contribution in [1.82, 2.24) is 4.98 Å². The number of carbonyl (C=O) groups excluding carboxylic acids is 3. The molecule has 39 heavy (non-hydrogen) atoms. The van der Waals surface area contributed by atoms with Gasteiger partial charge in [-0.2, -0.15) is 0 Å². The largest absolute Gasteiger partial charge is 0.497 e. The number of hydrogen-bond acceptors (Lipinski definition) is 8. The van der Waals surface area contributed by atoms with E-state index in [-0.39, 0.29) is 41.3 Å². The number of pyridine rings is 1. The van der Waals surface area contributed by atoms with Crippen molar-refractivity contribution in [2.45, 2.75) is 20.0 Å². The summed E-state index contributed by atoms with van der Waals surface area (Å²) in [6.45, 7) is 1.78. The SMILES string of the molecule is COC1=C(OC)C(=O)C(Cc2ccc(OCc3cccnc3)c(C(=O)Nc3ccc(OC)cc3)c2)=C(C)C1=O. The molecule has 0 unspecified atom stereocenters. The molecule has 0 fully saturated rings. The van der Waals surface area contributed by atoms with Crippen LogP contribution >= 0.6 is 0 Å². The van der Waals surface area contributed by atoms with E-state index >= 15 is 0 Å². The Morgan fingerprint density at radius 1 is 0.872 bits per heavy atom. The Labute approximate surface area is 226 Å². The van der Waals surface area contributed by atoms with Crippen molar-refractivity contribution in [3.8, 4) is 11.5 Å². The Balaban J connectivity index is 1.65. The summed E-state index contributed by atoms with van der Waals surface area (Å²) in [7, 11) is 4.19. The molecule has 1 heterocycles. The summed E-state index contributed by atoms with van der Waals surface area (Å²) in [4.78, 5) is 43.4. The minimum Gasteiger partial charge on any atom is -0.497 e. The fraction of sp³-hybridized carbons (Fsp3) is 0.200. The van der Waals surface area contributed by atoms with Crippen molar-refractivity contribution >= 4 is 23.2 Å². The van der Waals surface area contributed by atoms with Gasteiger partial charge in [0, 0.05) is 41.2 Å². The Bertz CT molecular complexity index is 1460. The van der Waals surface area contributed by atoms with E-state index in [2.05, 4.69) is 10.3 Å². The highest BCUT2D eigenvalue weighted by Crippen LogP contribution is 2.30. The molecule has 3 aromatic rings. The molecule has 2 aromatic carbocycles. The average molecular weight is 529 g/mol. The van der Waals surface area contributed by atoms with Crippen LogP contribution in [0, 0.1) is 0 Å². The number of nitrogens with one attached hydrogen (secondary N) is 1. The smallest absolute Gasteiger partial charge is 0.259 e. The molecule has 1 aliphatic rings. The maximum Gasteiger partial charge on any atom is 0.259 e. The zero-order valence-corrected chi connectivity index (χ0v) is 22.1. The number of allylic oxidation sites excluding steroid dienone is 2. The lowest BCUT2D eigenvalue weighted by Gasteiger charge is -2.21. The number of hydrogen-bond donors (Lipinski definition) is 1. The lowest BCUT2D eigenvalue weighted by Crippen LogP contribution is -2.26. The third-order valence-corrected chi connectivity index (χ3v) is 6.23. The van der Waals surface area contributed by atoms with Gasteiger partial charge in [0.15, 0.2) is 0 Å². The zero-order chi connectivity index (χ0) is 27.9. The van der Waals surface area contributed by atoms with Crippen molar-refractivity contribution < 1.29 is 33.3 Å². The van der Waals surface area contributed by atoms with Gasteiger partial charge >= 0.3 is 0 Å².